The highest BCUT2D eigenvalue weighted by atomic mass is 19.1. The van der Waals surface area contributed by atoms with Gasteiger partial charge in [-0.05, 0) is 19.4 Å². The van der Waals surface area contributed by atoms with Crippen LogP contribution in [0.1, 0.15) is 19.4 Å². The first kappa shape index (κ1) is 12.6. The van der Waals surface area contributed by atoms with E-state index in [0.29, 0.717) is 5.56 Å². The first-order valence-electron chi connectivity index (χ1n) is 5.08. The number of esters is 1. The number of rotatable bonds is 4. The van der Waals surface area contributed by atoms with Gasteiger partial charge in [-0.15, -0.1) is 0 Å². The van der Waals surface area contributed by atoms with Crippen LogP contribution in [0.3, 0.4) is 0 Å². The summed E-state index contributed by atoms with van der Waals surface area (Å²) in [7, 11) is 0. The number of alkyl halides is 1. The molecule has 0 saturated carbocycles. The summed E-state index contributed by atoms with van der Waals surface area (Å²) in [6.07, 6.45) is -2.09. The van der Waals surface area contributed by atoms with Gasteiger partial charge in [0.1, 0.15) is 5.60 Å². The number of hydrogen-bond acceptors (Lipinski definition) is 3. The van der Waals surface area contributed by atoms with Gasteiger partial charge in [0.05, 0.1) is 6.61 Å². The minimum absolute atomic E-state index is 0.0874. The summed E-state index contributed by atoms with van der Waals surface area (Å²) in [5.74, 6) is -1.05. The molecule has 0 aliphatic heterocycles. The van der Waals surface area contributed by atoms with Crippen molar-refractivity contribution in [2.24, 2.45) is 0 Å². The Morgan fingerprint density at radius 1 is 1.50 bits per heavy atom. The van der Waals surface area contributed by atoms with Crippen LogP contribution in [-0.4, -0.2) is 23.9 Å². The molecule has 0 saturated heterocycles. The number of halogens is 1. The van der Waals surface area contributed by atoms with Crippen molar-refractivity contribution < 1.29 is 19.0 Å². The zero-order chi connectivity index (χ0) is 12.2. The van der Waals surface area contributed by atoms with Crippen LogP contribution in [0.25, 0.3) is 0 Å². The third kappa shape index (κ3) is 2.58. The second-order valence-electron chi connectivity index (χ2n) is 3.63. The van der Waals surface area contributed by atoms with Crippen LogP contribution in [0.4, 0.5) is 4.39 Å². The van der Waals surface area contributed by atoms with Gasteiger partial charge < -0.3 is 9.84 Å². The van der Waals surface area contributed by atoms with Crippen molar-refractivity contribution in [3.05, 3.63) is 35.9 Å². The highest BCUT2D eigenvalue weighted by Crippen LogP contribution is 2.27. The monoisotopic (exact) mass is 226 g/mol. The van der Waals surface area contributed by atoms with Gasteiger partial charge >= 0.3 is 5.97 Å². The SMILES string of the molecule is CCOC(=O)[C@@H](F)[C@@](C)(O)c1ccccc1. The van der Waals surface area contributed by atoms with Crippen molar-refractivity contribution in [1.82, 2.24) is 0 Å². The molecular formula is C12H15FO3. The molecule has 1 aromatic carbocycles. The topological polar surface area (TPSA) is 46.5 Å². The molecule has 0 fully saturated rings. The van der Waals surface area contributed by atoms with Crippen molar-refractivity contribution >= 4 is 5.97 Å². The highest BCUT2D eigenvalue weighted by Gasteiger charge is 2.40. The van der Waals surface area contributed by atoms with Crippen molar-refractivity contribution in [2.45, 2.75) is 25.6 Å². The van der Waals surface area contributed by atoms with Gasteiger partial charge in [0, 0.05) is 0 Å². The van der Waals surface area contributed by atoms with Crippen LogP contribution in [0, 0.1) is 0 Å². The molecule has 1 aromatic rings. The van der Waals surface area contributed by atoms with Crippen LogP contribution in [0.2, 0.25) is 0 Å². The van der Waals surface area contributed by atoms with Crippen LogP contribution < -0.4 is 0 Å². The molecule has 3 nitrogen and oxygen atoms in total. The second-order valence-corrected chi connectivity index (χ2v) is 3.63. The highest BCUT2D eigenvalue weighted by molar-refractivity contribution is 5.76. The van der Waals surface area contributed by atoms with Crippen LogP contribution >= 0.6 is 0 Å². The first-order chi connectivity index (χ1) is 7.50. The van der Waals surface area contributed by atoms with E-state index in [1.807, 2.05) is 0 Å². The maximum Gasteiger partial charge on any atom is 0.344 e. The number of benzene rings is 1. The minimum atomic E-state index is -2.09. The van der Waals surface area contributed by atoms with Gasteiger partial charge in [0.15, 0.2) is 0 Å². The molecule has 16 heavy (non-hydrogen) atoms. The molecule has 0 radical (unpaired) electrons. The van der Waals surface area contributed by atoms with Crippen molar-refractivity contribution in [3.63, 3.8) is 0 Å². The zero-order valence-electron chi connectivity index (χ0n) is 9.31. The quantitative estimate of drug-likeness (QED) is 0.796. The summed E-state index contributed by atoms with van der Waals surface area (Å²) in [4.78, 5) is 11.2. The fraction of sp³-hybridized carbons (Fsp3) is 0.417. The summed E-state index contributed by atoms with van der Waals surface area (Å²) < 4.78 is 18.3. The van der Waals surface area contributed by atoms with E-state index in [0.717, 1.165) is 0 Å². The lowest BCUT2D eigenvalue weighted by Gasteiger charge is -2.26. The van der Waals surface area contributed by atoms with Crippen LogP contribution in [0.15, 0.2) is 30.3 Å². The van der Waals surface area contributed by atoms with Gasteiger partial charge in [0.2, 0.25) is 6.17 Å². The summed E-state index contributed by atoms with van der Waals surface area (Å²) in [5, 5.41) is 9.98. The molecule has 88 valence electrons. The Hall–Kier alpha value is -1.42. The maximum atomic E-state index is 13.7. The van der Waals surface area contributed by atoms with Gasteiger partial charge in [-0.3, -0.25) is 0 Å². The fourth-order valence-electron chi connectivity index (χ4n) is 1.37. The van der Waals surface area contributed by atoms with E-state index in [1.165, 1.54) is 6.92 Å². The van der Waals surface area contributed by atoms with Crippen molar-refractivity contribution in [3.8, 4) is 0 Å². The summed E-state index contributed by atoms with van der Waals surface area (Å²) in [5.41, 5.74) is -1.52. The molecule has 2 atom stereocenters. The van der Waals surface area contributed by atoms with Gasteiger partial charge in [-0.1, -0.05) is 30.3 Å². The lowest BCUT2D eigenvalue weighted by molar-refractivity contribution is -0.160. The molecule has 0 aliphatic carbocycles. The molecule has 0 heterocycles. The maximum absolute atomic E-state index is 13.7. The molecule has 0 aromatic heterocycles. The number of carbonyl (C=O) groups is 1. The van der Waals surface area contributed by atoms with Gasteiger partial charge in [-0.25, -0.2) is 9.18 Å². The lowest BCUT2D eigenvalue weighted by Crippen LogP contribution is -2.40. The molecule has 1 rings (SSSR count). The Labute approximate surface area is 93.9 Å². The molecule has 0 amide bonds. The van der Waals surface area contributed by atoms with E-state index in [1.54, 1.807) is 37.3 Å². The predicted octanol–water partition coefficient (Wildman–Crippen LogP) is 1.80. The molecule has 0 aliphatic rings. The van der Waals surface area contributed by atoms with E-state index < -0.39 is 17.7 Å². The molecule has 0 bridgehead atoms. The lowest BCUT2D eigenvalue weighted by atomic mass is 9.91. The third-order valence-electron chi connectivity index (χ3n) is 2.35. The molecule has 0 spiro atoms. The minimum Gasteiger partial charge on any atom is -0.464 e. The normalized spacial score (nSPS) is 16.2. The van der Waals surface area contributed by atoms with Crippen molar-refractivity contribution in [1.29, 1.82) is 0 Å². The van der Waals surface area contributed by atoms with Crippen molar-refractivity contribution in [2.75, 3.05) is 6.61 Å². The Morgan fingerprint density at radius 3 is 2.56 bits per heavy atom. The van der Waals surface area contributed by atoms with Crippen LogP contribution in [0.5, 0.6) is 0 Å². The van der Waals surface area contributed by atoms with Gasteiger partial charge in [0.25, 0.3) is 0 Å². The second kappa shape index (κ2) is 5.07. The average molecular weight is 226 g/mol. The largest absolute Gasteiger partial charge is 0.464 e. The number of aliphatic hydroxyl groups is 1. The molecule has 4 heteroatoms. The summed E-state index contributed by atoms with van der Waals surface area (Å²) in [6, 6.07) is 8.21. The summed E-state index contributed by atoms with van der Waals surface area (Å²) in [6.45, 7) is 2.93. The van der Waals surface area contributed by atoms with E-state index in [2.05, 4.69) is 4.74 Å². The van der Waals surface area contributed by atoms with Crippen LogP contribution in [-0.2, 0) is 15.1 Å². The standard InChI is InChI=1S/C12H15FO3/c1-3-16-11(14)10(13)12(2,15)9-7-5-4-6-8-9/h4-8,10,15H,3H2,1-2H3/t10-,12+/m1/s1. The molecular weight excluding hydrogens is 211 g/mol. The fourth-order valence-corrected chi connectivity index (χ4v) is 1.37. The Bertz CT molecular complexity index is 349. The smallest absolute Gasteiger partial charge is 0.344 e. The Morgan fingerprint density at radius 2 is 2.06 bits per heavy atom. The van der Waals surface area contributed by atoms with E-state index in [4.69, 9.17) is 0 Å². The first-order valence-corrected chi connectivity index (χ1v) is 5.08. The molecule has 0 unspecified atom stereocenters. The Kier molecular flexibility index (Phi) is 4.01. The van der Waals surface area contributed by atoms with Gasteiger partial charge in [-0.2, -0.15) is 0 Å². The average Bonchev–Trinajstić information content (AvgIpc) is 2.29. The van der Waals surface area contributed by atoms with E-state index in [9.17, 15) is 14.3 Å². The summed E-state index contributed by atoms with van der Waals surface area (Å²) >= 11 is 0. The number of carbonyl (C=O) groups excluding carboxylic acids is 1. The Balaban J connectivity index is 2.89. The zero-order valence-corrected chi connectivity index (χ0v) is 9.31. The van der Waals surface area contributed by atoms with E-state index in [-0.39, 0.29) is 6.61 Å². The third-order valence-corrected chi connectivity index (χ3v) is 2.35. The number of ether oxygens (including phenoxy) is 1. The molecule has 1 N–H and O–H groups in total. The van der Waals surface area contributed by atoms with E-state index >= 15 is 0 Å². The predicted molar refractivity (Wildman–Crippen MR) is 57.5 cm³/mol. The number of hydrogen-bond donors (Lipinski definition) is 1.